The fourth-order valence-corrected chi connectivity index (χ4v) is 3.12. The molecular weight excluding hydrogens is 407 g/mol. The lowest BCUT2D eigenvalue weighted by atomic mass is 10.2. The van der Waals surface area contributed by atoms with Gasteiger partial charge < -0.3 is 5.32 Å². The number of hydrogen-bond acceptors (Lipinski definition) is 4. The predicted molar refractivity (Wildman–Crippen MR) is 104 cm³/mol. The summed E-state index contributed by atoms with van der Waals surface area (Å²) >= 11 is 6.08. The van der Waals surface area contributed by atoms with Gasteiger partial charge in [0.25, 0.3) is 5.56 Å². The highest BCUT2D eigenvalue weighted by molar-refractivity contribution is 6.31. The summed E-state index contributed by atoms with van der Waals surface area (Å²) in [6.07, 6.45) is -4.42. The van der Waals surface area contributed by atoms with Gasteiger partial charge in [0, 0.05) is 16.8 Å². The lowest BCUT2D eigenvalue weighted by molar-refractivity contribution is -0.137. The molecule has 0 unspecified atom stereocenters. The molecular formula is C19H13ClF3N5O. The minimum Gasteiger partial charge on any atom is -0.326 e. The van der Waals surface area contributed by atoms with Gasteiger partial charge in [-0.3, -0.25) is 14.3 Å². The van der Waals surface area contributed by atoms with Crippen LogP contribution < -0.4 is 10.9 Å². The first kappa shape index (κ1) is 19.0. The summed E-state index contributed by atoms with van der Waals surface area (Å²) in [6, 6.07) is 10.9. The second kappa shape index (κ2) is 6.93. The molecule has 2 N–H and O–H groups in total. The van der Waals surface area contributed by atoms with Crippen LogP contribution in [-0.4, -0.2) is 19.5 Å². The van der Waals surface area contributed by atoms with Crippen LogP contribution in [0.5, 0.6) is 0 Å². The van der Waals surface area contributed by atoms with Crippen molar-refractivity contribution >= 4 is 34.3 Å². The van der Waals surface area contributed by atoms with Crippen molar-refractivity contribution in [2.24, 2.45) is 0 Å². The van der Waals surface area contributed by atoms with Crippen LogP contribution in [0.3, 0.4) is 0 Å². The van der Waals surface area contributed by atoms with Crippen molar-refractivity contribution in [2.45, 2.75) is 13.1 Å². The van der Waals surface area contributed by atoms with E-state index in [0.29, 0.717) is 33.4 Å². The van der Waals surface area contributed by atoms with E-state index in [1.165, 1.54) is 18.2 Å². The Bertz CT molecular complexity index is 1260. The van der Waals surface area contributed by atoms with Gasteiger partial charge >= 0.3 is 6.18 Å². The monoisotopic (exact) mass is 419 g/mol. The second-order valence-electron chi connectivity index (χ2n) is 6.28. The molecule has 4 aromatic rings. The highest BCUT2D eigenvalue weighted by Crippen LogP contribution is 2.30. The Morgan fingerprint density at radius 1 is 1.07 bits per heavy atom. The summed E-state index contributed by atoms with van der Waals surface area (Å²) in [5, 5.41) is 3.32. The van der Waals surface area contributed by atoms with E-state index in [0.717, 1.165) is 12.1 Å². The van der Waals surface area contributed by atoms with E-state index in [4.69, 9.17) is 11.6 Å². The van der Waals surface area contributed by atoms with Crippen LogP contribution in [0.2, 0.25) is 5.02 Å². The largest absolute Gasteiger partial charge is 0.416 e. The third-order valence-corrected chi connectivity index (χ3v) is 4.45. The molecule has 0 radical (unpaired) electrons. The van der Waals surface area contributed by atoms with Gasteiger partial charge in [0.1, 0.15) is 11.6 Å². The molecule has 0 spiro atoms. The SMILES string of the molecule is Cc1nc2ccc(Cl)cc2n1-c1cc(=O)[nH]c(Nc2ccc(C(F)(F)F)cc2)n1. The number of benzene rings is 2. The van der Waals surface area contributed by atoms with Crippen LogP contribution in [-0.2, 0) is 6.18 Å². The standard InChI is InChI=1S/C19H13ClF3N5O/c1-10-24-14-7-4-12(20)8-15(14)28(10)16-9-17(29)27-18(26-16)25-13-5-2-11(3-6-13)19(21,22)23/h2-9H,1H3,(H2,25,26,27,29). The third-order valence-electron chi connectivity index (χ3n) is 4.22. The van der Waals surface area contributed by atoms with Gasteiger partial charge in [-0.15, -0.1) is 0 Å². The average molecular weight is 420 g/mol. The van der Waals surface area contributed by atoms with Gasteiger partial charge in [0.2, 0.25) is 5.95 Å². The number of alkyl halides is 3. The number of aromatic amines is 1. The van der Waals surface area contributed by atoms with E-state index >= 15 is 0 Å². The number of nitrogens with zero attached hydrogens (tertiary/aromatic N) is 3. The van der Waals surface area contributed by atoms with Crippen LogP contribution in [0, 0.1) is 6.92 Å². The Balaban J connectivity index is 1.73. The highest BCUT2D eigenvalue weighted by Gasteiger charge is 2.29. The fourth-order valence-electron chi connectivity index (χ4n) is 2.96. The molecule has 10 heteroatoms. The van der Waals surface area contributed by atoms with Crippen molar-refractivity contribution in [3.63, 3.8) is 0 Å². The molecule has 0 amide bonds. The van der Waals surface area contributed by atoms with Crippen LogP contribution >= 0.6 is 11.6 Å². The predicted octanol–water partition coefficient (Wildman–Crippen LogP) is 4.83. The minimum absolute atomic E-state index is 0.0792. The molecule has 2 heterocycles. The van der Waals surface area contributed by atoms with Gasteiger partial charge in [0.15, 0.2) is 0 Å². The van der Waals surface area contributed by atoms with E-state index in [2.05, 4.69) is 20.3 Å². The molecule has 0 fully saturated rings. The number of rotatable bonds is 3. The van der Waals surface area contributed by atoms with E-state index < -0.39 is 17.3 Å². The summed E-state index contributed by atoms with van der Waals surface area (Å²) in [6.45, 7) is 1.76. The number of anilines is 2. The second-order valence-corrected chi connectivity index (χ2v) is 6.72. The zero-order chi connectivity index (χ0) is 20.8. The summed E-state index contributed by atoms with van der Waals surface area (Å²) in [7, 11) is 0. The Kier molecular flexibility index (Phi) is 4.54. The number of aromatic nitrogens is 4. The number of aryl methyl sites for hydroxylation is 1. The highest BCUT2D eigenvalue weighted by atomic mass is 35.5. The molecule has 4 rings (SSSR count). The zero-order valence-electron chi connectivity index (χ0n) is 14.9. The molecule has 0 aliphatic heterocycles. The summed E-state index contributed by atoms with van der Waals surface area (Å²) in [5.41, 5.74) is 0.497. The van der Waals surface area contributed by atoms with E-state index in [1.807, 2.05) is 0 Å². The molecule has 2 aromatic carbocycles. The summed E-state index contributed by atoms with van der Waals surface area (Å²) in [4.78, 5) is 23.5. The van der Waals surface area contributed by atoms with Crippen molar-refractivity contribution < 1.29 is 13.2 Å². The molecule has 29 heavy (non-hydrogen) atoms. The van der Waals surface area contributed by atoms with Crippen LogP contribution in [0.4, 0.5) is 24.8 Å². The maximum Gasteiger partial charge on any atom is 0.416 e. The van der Waals surface area contributed by atoms with Crippen LogP contribution in [0.1, 0.15) is 11.4 Å². The van der Waals surface area contributed by atoms with E-state index in [9.17, 15) is 18.0 Å². The van der Waals surface area contributed by atoms with Gasteiger partial charge in [-0.2, -0.15) is 18.2 Å². The molecule has 0 bridgehead atoms. The van der Waals surface area contributed by atoms with Crippen molar-refractivity contribution in [3.8, 4) is 5.82 Å². The van der Waals surface area contributed by atoms with Gasteiger partial charge in [-0.25, -0.2) is 4.98 Å². The Morgan fingerprint density at radius 2 is 1.79 bits per heavy atom. The summed E-state index contributed by atoms with van der Waals surface area (Å²) < 4.78 is 39.8. The Morgan fingerprint density at radius 3 is 2.48 bits per heavy atom. The Labute approximate surface area is 167 Å². The average Bonchev–Trinajstić information content (AvgIpc) is 2.96. The van der Waals surface area contributed by atoms with Crippen LogP contribution in [0.15, 0.2) is 53.3 Å². The Hall–Kier alpha value is -3.33. The molecule has 0 aliphatic carbocycles. The number of fused-ring (bicyclic) bond motifs is 1. The maximum atomic E-state index is 12.7. The molecule has 0 saturated carbocycles. The number of hydrogen-bond donors (Lipinski definition) is 2. The van der Waals surface area contributed by atoms with Crippen molar-refractivity contribution in [1.82, 2.24) is 19.5 Å². The molecule has 6 nitrogen and oxygen atoms in total. The first-order valence-electron chi connectivity index (χ1n) is 8.41. The van der Waals surface area contributed by atoms with Gasteiger partial charge in [-0.05, 0) is 49.4 Å². The molecule has 0 atom stereocenters. The first-order valence-corrected chi connectivity index (χ1v) is 8.79. The van der Waals surface area contributed by atoms with Gasteiger partial charge in [-0.1, -0.05) is 11.6 Å². The maximum absolute atomic E-state index is 12.7. The molecule has 0 aliphatic rings. The number of imidazole rings is 1. The van der Waals surface area contributed by atoms with Crippen molar-refractivity contribution in [1.29, 1.82) is 0 Å². The topological polar surface area (TPSA) is 75.6 Å². The van der Waals surface area contributed by atoms with Crippen molar-refractivity contribution in [3.05, 3.63) is 75.3 Å². The smallest absolute Gasteiger partial charge is 0.326 e. The molecule has 148 valence electrons. The zero-order valence-corrected chi connectivity index (χ0v) is 15.6. The quantitative estimate of drug-likeness (QED) is 0.498. The lowest BCUT2D eigenvalue weighted by Gasteiger charge is -2.11. The van der Waals surface area contributed by atoms with E-state index in [1.54, 1.807) is 29.7 Å². The fraction of sp³-hybridized carbons (Fsp3) is 0.105. The first-order chi connectivity index (χ1) is 13.7. The third kappa shape index (κ3) is 3.81. The number of nitrogens with one attached hydrogen (secondary N) is 2. The number of halogens is 4. The lowest BCUT2D eigenvalue weighted by Crippen LogP contribution is -2.14. The normalized spacial score (nSPS) is 11.8. The van der Waals surface area contributed by atoms with Gasteiger partial charge in [0.05, 0.1) is 16.6 Å². The summed E-state index contributed by atoms with van der Waals surface area (Å²) in [5.74, 6) is 0.974. The number of H-pyrrole nitrogens is 1. The van der Waals surface area contributed by atoms with Crippen molar-refractivity contribution in [2.75, 3.05) is 5.32 Å². The van der Waals surface area contributed by atoms with E-state index in [-0.39, 0.29) is 5.95 Å². The molecule has 0 saturated heterocycles. The van der Waals surface area contributed by atoms with Crippen LogP contribution in [0.25, 0.3) is 16.9 Å². The molecule has 2 aromatic heterocycles. The minimum atomic E-state index is -4.42.